The number of carbonyl (C=O) groups excluding carboxylic acids is 2. The van der Waals surface area contributed by atoms with Crippen molar-refractivity contribution in [3.05, 3.63) is 53.1 Å². The molecule has 3 aromatic rings. The van der Waals surface area contributed by atoms with Crippen molar-refractivity contribution in [2.24, 2.45) is 5.92 Å². The van der Waals surface area contributed by atoms with Crippen LogP contribution in [0.15, 0.2) is 30.6 Å². The molecule has 29 heavy (non-hydrogen) atoms. The van der Waals surface area contributed by atoms with Gasteiger partial charge in [-0.25, -0.2) is 9.50 Å². The molecule has 0 saturated heterocycles. The molecule has 0 bridgehead atoms. The molecule has 8 nitrogen and oxygen atoms in total. The van der Waals surface area contributed by atoms with Crippen LogP contribution in [0, 0.1) is 19.8 Å². The minimum atomic E-state index is -0.0866. The summed E-state index contributed by atoms with van der Waals surface area (Å²) in [6.45, 7) is 7.98. The van der Waals surface area contributed by atoms with E-state index < -0.39 is 0 Å². The van der Waals surface area contributed by atoms with Gasteiger partial charge in [-0.15, -0.1) is 0 Å². The summed E-state index contributed by atoms with van der Waals surface area (Å²) in [5.41, 5.74) is 4.49. The van der Waals surface area contributed by atoms with Gasteiger partial charge in [-0.05, 0) is 43.5 Å². The van der Waals surface area contributed by atoms with Crippen molar-refractivity contribution in [2.75, 3.05) is 5.32 Å². The predicted molar refractivity (Wildman–Crippen MR) is 110 cm³/mol. The Hall–Kier alpha value is -3.29. The van der Waals surface area contributed by atoms with Gasteiger partial charge >= 0.3 is 0 Å². The summed E-state index contributed by atoms with van der Waals surface area (Å²) in [6.07, 6.45) is 2.41. The average Bonchev–Trinajstić information content (AvgIpc) is 3.15. The van der Waals surface area contributed by atoms with Crippen molar-refractivity contribution in [2.45, 2.75) is 47.1 Å². The molecule has 3 rings (SSSR count). The van der Waals surface area contributed by atoms with Crippen LogP contribution in [0.4, 0.5) is 5.69 Å². The Morgan fingerprint density at radius 2 is 2.00 bits per heavy atom. The first-order chi connectivity index (χ1) is 13.8. The Balaban J connectivity index is 1.56. The maximum atomic E-state index is 12.3. The number of nitrogens with zero attached hydrogens (tertiary/aromatic N) is 4. The Labute approximate surface area is 169 Å². The highest BCUT2D eigenvalue weighted by Crippen LogP contribution is 2.15. The smallest absolute Gasteiger partial charge is 0.252 e. The molecule has 2 amide bonds. The van der Waals surface area contributed by atoms with E-state index in [0.29, 0.717) is 25.2 Å². The fourth-order valence-corrected chi connectivity index (χ4v) is 3.09. The Morgan fingerprint density at radius 3 is 2.76 bits per heavy atom. The fraction of sp³-hybridized carbons (Fsp3) is 0.381. The van der Waals surface area contributed by atoms with E-state index >= 15 is 0 Å². The van der Waals surface area contributed by atoms with Gasteiger partial charge in [0.05, 0.1) is 0 Å². The quantitative estimate of drug-likeness (QED) is 0.641. The average molecular weight is 394 g/mol. The first kappa shape index (κ1) is 20.4. The SMILES string of the molecule is Cc1nc2ncnn2c(C)c1CCC(=O)NCc1cccc(NC(=O)C(C)C)c1. The first-order valence-electron chi connectivity index (χ1n) is 9.67. The summed E-state index contributed by atoms with van der Waals surface area (Å²) in [6, 6.07) is 7.49. The van der Waals surface area contributed by atoms with Crippen LogP contribution in [0.3, 0.4) is 0 Å². The number of fused-ring (bicyclic) bond motifs is 1. The molecule has 2 aromatic heterocycles. The molecule has 0 aliphatic heterocycles. The van der Waals surface area contributed by atoms with Crippen LogP contribution in [0.5, 0.6) is 0 Å². The monoisotopic (exact) mass is 394 g/mol. The number of aromatic nitrogens is 4. The molecular weight excluding hydrogens is 368 g/mol. The van der Waals surface area contributed by atoms with Gasteiger partial charge in [-0.3, -0.25) is 9.59 Å². The number of hydrogen-bond donors (Lipinski definition) is 2. The Kier molecular flexibility index (Phi) is 6.21. The van der Waals surface area contributed by atoms with Crippen LogP contribution < -0.4 is 10.6 Å². The number of amides is 2. The molecule has 0 spiro atoms. The van der Waals surface area contributed by atoms with E-state index in [0.717, 1.165) is 28.2 Å². The second kappa shape index (κ2) is 8.81. The van der Waals surface area contributed by atoms with Gasteiger partial charge in [0.15, 0.2) is 0 Å². The van der Waals surface area contributed by atoms with Crippen LogP contribution in [0.1, 0.15) is 42.8 Å². The van der Waals surface area contributed by atoms with Crippen molar-refractivity contribution in [1.29, 1.82) is 0 Å². The molecule has 1 aromatic carbocycles. The van der Waals surface area contributed by atoms with Crippen molar-refractivity contribution < 1.29 is 9.59 Å². The molecule has 2 heterocycles. The standard InChI is InChI=1S/C21H26N6O2/c1-13(2)20(29)26-17-7-5-6-16(10-17)11-22-19(28)9-8-18-14(3)25-21-23-12-24-27(21)15(18)4/h5-7,10,12-13H,8-9,11H2,1-4H3,(H,22,28)(H,26,29). The third kappa shape index (κ3) is 4.96. The lowest BCUT2D eigenvalue weighted by Crippen LogP contribution is -2.23. The third-order valence-corrected chi connectivity index (χ3v) is 4.80. The number of nitrogens with one attached hydrogen (secondary N) is 2. The highest BCUT2D eigenvalue weighted by molar-refractivity contribution is 5.92. The fourth-order valence-electron chi connectivity index (χ4n) is 3.09. The second-order valence-electron chi connectivity index (χ2n) is 7.35. The van der Waals surface area contributed by atoms with Crippen molar-refractivity contribution in [3.8, 4) is 0 Å². The maximum Gasteiger partial charge on any atom is 0.252 e. The van der Waals surface area contributed by atoms with Crippen LogP contribution >= 0.6 is 0 Å². The zero-order chi connectivity index (χ0) is 21.0. The van der Waals surface area contributed by atoms with E-state index in [4.69, 9.17) is 0 Å². The molecule has 152 valence electrons. The Morgan fingerprint density at radius 1 is 1.21 bits per heavy atom. The molecule has 0 aliphatic rings. The van der Waals surface area contributed by atoms with Gasteiger partial charge in [0.25, 0.3) is 5.78 Å². The molecule has 0 unspecified atom stereocenters. The minimum Gasteiger partial charge on any atom is -0.352 e. The normalized spacial score (nSPS) is 11.1. The second-order valence-corrected chi connectivity index (χ2v) is 7.35. The predicted octanol–water partition coefficient (Wildman–Crippen LogP) is 2.58. The van der Waals surface area contributed by atoms with Gasteiger partial charge in [0, 0.05) is 36.0 Å². The van der Waals surface area contributed by atoms with Gasteiger partial charge in [-0.1, -0.05) is 26.0 Å². The first-order valence-corrected chi connectivity index (χ1v) is 9.67. The number of anilines is 1. The van der Waals surface area contributed by atoms with Crippen molar-refractivity contribution in [3.63, 3.8) is 0 Å². The van der Waals surface area contributed by atoms with Crippen molar-refractivity contribution in [1.82, 2.24) is 24.9 Å². The zero-order valence-electron chi connectivity index (χ0n) is 17.2. The Bertz CT molecular complexity index is 1040. The summed E-state index contributed by atoms with van der Waals surface area (Å²) >= 11 is 0. The lowest BCUT2D eigenvalue weighted by molar-refractivity contribution is -0.121. The molecule has 0 radical (unpaired) electrons. The van der Waals surface area contributed by atoms with Gasteiger partial charge in [-0.2, -0.15) is 10.1 Å². The van der Waals surface area contributed by atoms with Gasteiger partial charge in [0.1, 0.15) is 6.33 Å². The van der Waals surface area contributed by atoms with Crippen molar-refractivity contribution >= 4 is 23.3 Å². The largest absolute Gasteiger partial charge is 0.352 e. The molecule has 0 atom stereocenters. The summed E-state index contributed by atoms with van der Waals surface area (Å²) in [7, 11) is 0. The number of carbonyl (C=O) groups is 2. The van der Waals surface area contributed by atoms with E-state index in [-0.39, 0.29) is 17.7 Å². The minimum absolute atomic E-state index is 0.0325. The van der Waals surface area contributed by atoms with Crippen LogP contribution in [-0.4, -0.2) is 31.4 Å². The van der Waals surface area contributed by atoms with E-state index in [1.165, 1.54) is 6.33 Å². The maximum absolute atomic E-state index is 12.3. The molecule has 2 N–H and O–H groups in total. The number of aryl methyl sites for hydroxylation is 2. The van der Waals surface area contributed by atoms with Crippen LogP contribution in [-0.2, 0) is 22.6 Å². The molecule has 0 aliphatic carbocycles. The zero-order valence-corrected chi connectivity index (χ0v) is 17.2. The number of benzene rings is 1. The topological polar surface area (TPSA) is 101 Å². The summed E-state index contributed by atoms with van der Waals surface area (Å²) < 4.78 is 1.69. The lowest BCUT2D eigenvalue weighted by Gasteiger charge is -2.11. The molecule has 0 fully saturated rings. The molecule has 8 heteroatoms. The molecular formula is C21H26N6O2. The highest BCUT2D eigenvalue weighted by atomic mass is 16.2. The van der Waals surface area contributed by atoms with Gasteiger partial charge in [0.2, 0.25) is 11.8 Å². The van der Waals surface area contributed by atoms with E-state index in [1.807, 2.05) is 52.0 Å². The summed E-state index contributed by atoms with van der Waals surface area (Å²) in [5.74, 6) is 0.406. The lowest BCUT2D eigenvalue weighted by atomic mass is 10.1. The van der Waals surface area contributed by atoms with Gasteiger partial charge < -0.3 is 10.6 Å². The number of rotatable bonds is 7. The molecule has 0 saturated carbocycles. The van der Waals surface area contributed by atoms with Crippen LogP contribution in [0.25, 0.3) is 5.78 Å². The summed E-state index contributed by atoms with van der Waals surface area (Å²) in [4.78, 5) is 32.7. The summed E-state index contributed by atoms with van der Waals surface area (Å²) in [5, 5.41) is 9.98. The number of hydrogen-bond acceptors (Lipinski definition) is 5. The van der Waals surface area contributed by atoms with E-state index in [1.54, 1.807) is 4.52 Å². The third-order valence-electron chi connectivity index (χ3n) is 4.80. The van der Waals surface area contributed by atoms with Crippen LogP contribution in [0.2, 0.25) is 0 Å². The van der Waals surface area contributed by atoms with E-state index in [2.05, 4.69) is 25.7 Å². The van der Waals surface area contributed by atoms with E-state index in [9.17, 15) is 9.59 Å². The highest BCUT2D eigenvalue weighted by Gasteiger charge is 2.13.